The summed E-state index contributed by atoms with van der Waals surface area (Å²) in [4.78, 5) is 19.6. The Morgan fingerprint density at radius 3 is 2.63 bits per heavy atom. The van der Waals surface area contributed by atoms with Crippen LogP contribution in [0.3, 0.4) is 0 Å². The summed E-state index contributed by atoms with van der Waals surface area (Å²) in [5, 5.41) is 0. The van der Waals surface area contributed by atoms with Crippen LogP contribution in [0.4, 0.5) is 0 Å². The summed E-state index contributed by atoms with van der Waals surface area (Å²) < 4.78 is 17.5. The number of carbonyl (C=O) groups is 1. The number of amides is 1. The fraction of sp³-hybridized carbons (Fsp3) is 0.429. The van der Waals surface area contributed by atoms with Gasteiger partial charge in [0, 0.05) is 37.2 Å². The van der Waals surface area contributed by atoms with Crippen LogP contribution in [0.5, 0.6) is 17.4 Å². The van der Waals surface area contributed by atoms with E-state index in [9.17, 15) is 4.79 Å². The van der Waals surface area contributed by atoms with Crippen LogP contribution in [0.2, 0.25) is 0 Å². The molecule has 2 saturated heterocycles. The number of rotatable bonds is 3. The minimum absolute atomic E-state index is 0.0427. The molecule has 3 aliphatic rings. The first kappa shape index (κ1) is 16.4. The minimum Gasteiger partial charge on any atom is -0.486 e. The van der Waals surface area contributed by atoms with Crippen LogP contribution in [0.25, 0.3) is 0 Å². The summed E-state index contributed by atoms with van der Waals surface area (Å²) in [6.45, 7) is 0.996. The molecule has 0 spiro atoms. The Morgan fingerprint density at radius 2 is 1.85 bits per heavy atom. The Kier molecular flexibility index (Phi) is 4.11. The first-order chi connectivity index (χ1) is 13.3. The van der Waals surface area contributed by atoms with Crippen molar-refractivity contribution in [1.29, 1.82) is 0 Å². The van der Waals surface area contributed by atoms with E-state index in [1.54, 1.807) is 6.20 Å². The average molecular weight is 366 g/mol. The molecule has 6 heteroatoms. The van der Waals surface area contributed by atoms with Gasteiger partial charge in [-0.2, -0.15) is 0 Å². The van der Waals surface area contributed by atoms with Crippen molar-refractivity contribution in [3.63, 3.8) is 0 Å². The second-order valence-electron chi connectivity index (χ2n) is 7.31. The number of ether oxygens (including phenoxy) is 3. The Bertz CT molecular complexity index is 827. The number of carbonyl (C=O) groups excluding carboxylic acids is 1. The maximum absolute atomic E-state index is 13.3. The van der Waals surface area contributed by atoms with Gasteiger partial charge in [-0.05, 0) is 31.0 Å². The summed E-state index contributed by atoms with van der Waals surface area (Å²) in [5.41, 5.74) is 0.605. The van der Waals surface area contributed by atoms with E-state index in [-0.39, 0.29) is 24.1 Å². The third kappa shape index (κ3) is 2.99. The zero-order valence-corrected chi connectivity index (χ0v) is 15.0. The molecular formula is C21H22N2O4. The number of para-hydroxylation sites is 1. The molecule has 0 radical (unpaired) electrons. The van der Waals surface area contributed by atoms with E-state index < -0.39 is 0 Å². The molecule has 1 aromatic heterocycles. The van der Waals surface area contributed by atoms with Gasteiger partial charge in [-0.3, -0.25) is 4.79 Å². The lowest BCUT2D eigenvalue weighted by atomic mass is 9.98. The zero-order valence-electron chi connectivity index (χ0n) is 15.0. The van der Waals surface area contributed by atoms with Gasteiger partial charge in [-0.15, -0.1) is 0 Å². The fourth-order valence-electron chi connectivity index (χ4n) is 4.52. The highest BCUT2D eigenvalue weighted by molar-refractivity contribution is 5.98. The predicted molar refractivity (Wildman–Crippen MR) is 98.3 cm³/mol. The number of benzene rings is 1. The molecule has 2 unspecified atom stereocenters. The van der Waals surface area contributed by atoms with Crippen LogP contribution in [0.1, 0.15) is 36.0 Å². The highest BCUT2D eigenvalue weighted by atomic mass is 16.6. The largest absolute Gasteiger partial charge is 0.486 e. The van der Waals surface area contributed by atoms with E-state index in [4.69, 9.17) is 14.2 Å². The Hall–Kier alpha value is -2.76. The number of nitrogens with zero attached hydrogens (tertiary/aromatic N) is 2. The van der Waals surface area contributed by atoms with E-state index in [2.05, 4.69) is 4.98 Å². The van der Waals surface area contributed by atoms with Crippen molar-refractivity contribution in [3.8, 4) is 17.4 Å². The minimum atomic E-state index is 0.0427. The molecule has 140 valence electrons. The standard InChI is InChI=1S/C21H22N2O4/c24-21(17-4-3-5-18-20(17)26-11-10-25-18)23-14-7-8-15(23)13-16(12-14)27-19-6-1-2-9-22-19/h1-6,9,14-16H,7-8,10-13H2. The molecule has 3 aliphatic heterocycles. The van der Waals surface area contributed by atoms with Crippen molar-refractivity contribution in [2.75, 3.05) is 13.2 Å². The van der Waals surface area contributed by atoms with Crippen molar-refractivity contribution < 1.29 is 19.0 Å². The molecule has 27 heavy (non-hydrogen) atoms. The van der Waals surface area contributed by atoms with Crippen molar-refractivity contribution in [3.05, 3.63) is 48.2 Å². The third-order valence-corrected chi connectivity index (χ3v) is 5.65. The summed E-state index contributed by atoms with van der Waals surface area (Å²) in [5.74, 6) is 1.94. The van der Waals surface area contributed by atoms with E-state index in [1.807, 2.05) is 41.3 Å². The number of fused-ring (bicyclic) bond motifs is 3. The molecule has 2 bridgehead atoms. The summed E-state index contributed by atoms with van der Waals surface area (Å²) in [6, 6.07) is 11.6. The topological polar surface area (TPSA) is 60.9 Å². The van der Waals surface area contributed by atoms with Gasteiger partial charge in [0.25, 0.3) is 5.91 Å². The van der Waals surface area contributed by atoms with Crippen LogP contribution in [-0.4, -0.2) is 47.2 Å². The van der Waals surface area contributed by atoms with Gasteiger partial charge in [-0.1, -0.05) is 12.1 Å². The highest BCUT2D eigenvalue weighted by Gasteiger charge is 2.45. The van der Waals surface area contributed by atoms with E-state index in [1.165, 1.54) is 0 Å². The van der Waals surface area contributed by atoms with Gasteiger partial charge >= 0.3 is 0 Å². The van der Waals surface area contributed by atoms with Gasteiger partial charge in [0.1, 0.15) is 19.3 Å². The molecule has 0 N–H and O–H groups in total. The van der Waals surface area contributed by atoms with Gasteiger partial charge in [0.05, 0.1) is 5.56 Å². The van der Waals surface area contributed by atoms with E-state index in [0.29, 0.717) is 36.2 Å². The predicted octanol–water partition coefficient (Wildman–Crippen LogP) is 3.07. The van der Waals surface area contributed by atoms with Crippen LogP contribution >= 0.6 is 0 Å². The van der Waals surface area contributed by atoms with Crippen LogP contribution in [0, 0.1) is 0 Å². The molecular weight excluding hydrogens is 344 g/mol. The molecule has 6 nitrogen and oxygen atoms in total. The fourth-order valence-corrected chi connectivity index (χ4v) is 4.52. The summed E-state index contributed by atoms with van der Waals surface area (Å²) >= 11 is 0. The number of hydrogen-bond acceptors (Lipinski definition) is 5. The molecule has 2 fully saturated rings. The first-order valence-corrected chi connectivity index (χ1v) is 9.58. The van der Waals surface area contributed by atoms with Crippen molar-refractivity contribution >= 4 is 5.91 Å². The number of piperidine rings is 1. The monoisotopic (exact) mass is 366 g/mol. The van der Waals surface area contributed by atoms with Crippen molar-refractivity contribution in [1.82, 2.24) is 9.88 Å². The molecule has 0 saturated carbocycles. The van der Waals surface area contributed by atoms with Crippen LogP contribution in [-0.2, 0) is 0 Å². The molecule has 2 atom stereocenters. The molecule has 1 aromatic carbocycles. The van der Waals surface area contributed by atoms with Crippen molar-refractivity contribution in [2.45, 2.75) is 43.9 Å². The SMILES string of the molecule is O=C(c1cccc2c1OCCO2)N1C2CCC1CC(Oc1ccccn1)C2. The van der Waals surface area contributed by atoms with Gasteiger partial charge in [-0.25, -0.2) is 4.98 Å². The second kappa shape index (κ2) is 6.76. The third-order valence-electron chi connectivity index (χ3n) is 5.65. The number of pyridine rings is 1. The number of hydrogen-bond donors (Lipinski definition) is 0. The van der Waals surface area contributed by atoms with Gasteiger partial charge in [0.15, 0.2) is 11.5 Å². The summed E-state index contributed by atoms with van der Waals surface area (Å²) in [6.07, 6.45) is 5.56. The first-order valence-electron chi connectivity index (χ1n) is 9.58. The molecule has 1 amide bonds. The maximum Gasteiger partial charge on any atom is 0.258 e. The Balaban J connectivity index is 1.35. The lowest BCUT2D eigenvalue weighted by Crippen LogP contribution is -2.49. The van der Waals surface area contributed by atoms with Gasteiger partial charge < -0.3 is 19.1 Å². The quantitative estimate of drug-likeness (QED) is 0.835. The molecule has 5 rings (SSSR count). The molecule has 4 heterocycles. The van der Waals surface area contributed by atoms with Gasteiger partial charge in [0.2, 0.25) is 5.88 Å². The highest BCUT2D eigenvalue weighted by Crippen LogP contribution is 2.41. The van der Waals surface area contributed by atoms with E-state index in [0.717, 1.165) is 25.7 Å². The lowest BCUT2D eigenvalue weighted by Gasteiger charge is -2.39. The van der Waals surface area contributed by atoms with Crippen LogP contribution in [0.15, 0.2) is 42.6 Å². The van der Waals surface area contributed by atoms with Crippen molar-refractivity contribution in [2.24, 2.45) is 0 Å². The molecule has 2 aromatic rings. The smallest absolute Gasteiger partial charge is 0.258 e. The Labute approximate surface area is 158 Å². The van der Waals surface area contributed by atoms with Crippen LogP contribution < -0.4 is 14.2 Å². The molecule has 0 aliphatic carbocycles. The normalized spacial score (nSPS) is 25.9. The maximum atomic E-state index is 13.3. The Morgan fingerprint density at radius 1 is 1.04 bits per heavy atom. The number of aromatic nitrogens is 1. The second-order valence-corrected chi connectivity index (χ2v) is 7.31. The summed E-state index contributed by atoms with van der Waals surface area (Å²) in [7, 11) is 0. The average Bonchev–Trinajstić information content (AvgIpc) is 2.98. The lowest BCUT2D eigenvalue weighted by molar-refractivity contribution is 0.0342. The zero-order chi connectivity index (χ0) is 18.2. The van der Waals surface area contributed by atoms with E-state index >= 15 is 0 Å².